The number of rotatable bonds is 4. The lowest BCUT2D eigenvalue weighted by molar-refractivity contribution is 0.0956. The largest absolute Gasteiger partial charge is 0.398 e. The van der Waals surface area contributed by atoms with Crippen LogP contribution < -0.4 is 11.2 Å². The predicted octanol–water partition coefficient (Wildman–Crippen LogP) is 3.75. The molecule has 0 saturated carbocycles. The summed E-state index contributed by atoms with van der Waals surface area (Å²) in [5.74, 6) is -0.327. The molecule has 3 N–H and O–H groups in total. The van der Waals surface area contributed by atoms with Gasteiger partial charge in [-0.25, -0.2) is 5.43 Å². The van der Waals surface area contributed by atoms with Crippen LogP contribution in [-0.4, -0.2) is 16.7 Å². The maximum absolute atomic E-state index is 12.2. The molecule has 2 aromatic carbocycles. The van der Waals surface area contributed by atoms with Crippen LogP contribution in [0.3, 0.4) is 0 Å². The van der Waals surface area contributed by atoms with Crippen molar-refractivity contribution in [3.8, 4) is 5.69 Å². The molecular formula is C21H22N4O. The second kappa shape index (κ2) is 7.27. The summed E-state index contributed by atoms with van der Waals surface area (Å²) in [6.07, 6.45) is 1.66. The first-order valence-corrected chi connectivity index (χ1v) is 8.41. The number of hydrogen-bond acceptors (Lipinski definition) is 3. The molecule has 1 amide bonds. The van der Waals surface area contributed by atoms with E-state index in [0.717, 1.165) is 22.6 Å². The van der Waals surface area contributed by atoms with E-state index in [1.54, 1.807) is 30.5 Å². The summed E-state index contributed by atoms with van der Waals surface area (Å²) in [5, 5.41) is 4.09. The summed E-state index contributed by atoms with van der Waals surface area (Å²) in [4.78, 5) is 12.2. The van der Waals surface area contributed by atoms with Crippen molar-refractivity contribution in [2.75, 3.05) is 5.73 Å². The van der Waals surface area contributed by atoms with Crippen LogP contribution in [0.5, 0.6) is 0 Å². The number of hydrogen-bond donors (Lipinski definition) is 2. The van der Waals surface area contributed by atoms with E-state index in [4.69, 9.17) is 5.73 Å². The molecule has 0 bridgehead atoms. The molecule has 0 saturated heterocycles. The van der Waals surface area contributed by atoms with Gasteiger partial charge in [-0.15, -0.1) is 0 Å². The zero-order valence-corrected chi connectivity index (χ0v) is 15.2. The van der Waals surface area contributed by atoms with Crippen LogP contribution in [-0.2, 0) is 0 Å². The fourth-order valence-electron chi connectivity index (χ4n) is 3.01. The highest BCUT2D eigenvalue weighted by atomic mass is 16.2. The number of nitrogens with zero attached hydrogens (tertiary/aromatic N) is 2. The van der Waals surface area contributed by atoms with Crippen LogP contribution in [0.2, 0.25) is 0 Å². The van der Waals surface area contributed by atoms with E-state index in [0.29, 0.717) is 11.3 Å². The first kappa shape index (κ1) is 17.5. The Bertz CT molecular complexity index is 985. The first-order chi connectivity index (χ1) is 12.5. The van der Waals surface area contributed by atoms with Gasteiger partial charge in [0, 0.05) is 28.3 Å². The van der Waals surface area contributed by atoms with Gasteiger partial charge in [0.05, 0.1) is 11.8 Å². The number of aromatic nitrogens is 1. The lowest BCUT2D eigenvalue weighted by Gasteiger charge is -2.10. The van der Waals surface area contributed by atoms with Gasteiger partial charge in [-0.1, -0.05) is 24.3 Å². The van der Waals surface area contributed by atoms with Gasteiger partial charge in [0.1, 0.15) is 0 Å². The minimum atomic E-state index is -0.327. The van der Waals surface area contributed by atoms with E-state index in [1.165, 1.54) is 5.56 Å². The van der Waals surface area contributed by atoms with E-state index in [9.17, 15) is 4.79 Å². The van der Waals surface area contributed by atoms with Gasteiger partial charge in [-0.2, -0.15) is 5.10 Å². The summed E-state index contributed by atoms with van der Waals surface area (Å²) < 4.78 is 2.17. The minimum Gasteiger partial charge on any atom is -0.398 e. The van der Waals surface area contributed by atoms with Crippen LogP contribution in [0.15, 0.2) is 59.7 Å². The smallest absolute Gasteiger partial charge is 0.273 e. The molecule has 5 heteroatoms. The van der Waals surface area contributed by atoms with E-state index in [-0.39, 0.29) is 5.91 Å². The summed E-state index contributed by atoms with van der Waals surface area (Å²) in [7, 11) is 0. The van der Waals surface area contributed by atoms with Gasteiger partial charge in [-0.05, 0) is 56.7 Å². The van der Waals surface area contributed by atoms with Crippen LogP contribution in [0.1, 0.15) is 32.9 Å². The Hall–Kier alpha value is -3.34. The third kappa shape index (κ3) is 3.52. The standard InChI is InChI=1S/C21H22N4O/c1-14-7-6-8-18(11-14)25-15(2)12-17(16(25)3)13-23-24-21(26)19-9-4-5-10-20(19)22/h4-13H,22H2,1-3H3,(H,24,26)/b23-13-. The maximum Gasteiger partial charge on any atom is 0.273 e. The summed E-state index contributed by atoms with van der Waals surface area (Å²) in [5.41, 5.74) is 14.6. The number of carbonyl (C=O) groups excluding carboxylic acids is 1. The molecule has 26 heavy (non-hydrogen) atoms. The number of aryl methyl sites for hydroxylation is 2. The molecule has 132 valence electrons. The molecule has 1 heterocycles. The van der Waals surface area contributed by atoms with Gasteiger partial charge in [0.15, 0.2) is 0 Å². The predicted molar refractivity (Wildman–Crippen MR) is 106 cm³/mol. The second-order valence-electron chi connectivity index (χ2n) is 6.29. The molecule has 3 aromatic rings. The molecule has 5 nitrogen and oxygen atoms in total. The number of amides is 1. The summed E-state index contributed by atoms with van der Waals surface area (Å²) in [6, 6.07) is 17.3. The van der Waals surface area contributed by atoms with Crippen LogP contribution >= 0.6 is 0 Å². The normalized spacial score (nSPS) is 11.0. The lowest BCUT2D eigenvalue weighted by Crippen LogP contribution is -2.19. The number of nitrogen functional groups attached to an aromatic ring is 1. The summed E-state index contributed by atoms with van der Waals surface area (Å²) in [6.45, 7) is 6.16. The van der Waals surface area contributed by atoms with E-state index in [2.05, 4.69) is 47.1 Å². The zero-order valence-electron chi connectivity index (χ0n) is 15.2. The Morgan fingerprint density at radius 2 is 1.85 bits per heavy atom. The number of nitrogens with one attached hydrogen (secondary N) is 1. The van der Waals surface area contributed by atoms with Crippen LogP contribution in [0.25, 0.3) is 5.69 Å². The van der Waals surface area contributed by atoms with Crippen molar-refractivity contribution in [1.82, 2.24) is 9.99 Å². The molecule has 0 aliphatic rings. The number of hydrazone groups is 1. The second-order valence-corrected chi connectivity index (χ2v) is 6.29. The Labute approximate surface area is 153 Å². The number of nitrogens with two attached hydrogens (primary N) is 1. The van der Waals surface area contributed by atoms with Crippen LogP contribution in [0, 0.1) is 20.8 Å². The van der Waals surface area contributed by atoms with Crippen molar-refractivity contribution in [3.63, 3.8) is 0 Å². The Balaban J connectivity index is 1.81. The summed E-state index contributed by atoms with van der Waals surface area (Å²) >= 11 is 0. The molecule has 0 atom stereocenters. The quantitative estimate of drug-likeness (QED) is 0.429. The van der Waals surface area contributed by atoms with Crippen LogP contribution in [0.4, 0.5) is 5.69 Å². The Morgan fingerprint density at radius 3 is 2.58 bits per heavy atom. The van der Waals surface area contributed by atoms with Crippen molar-refractivity contribution in [1.29, 1.82) is 0 Å². The third-order valence-corrected chi connectivity index (χ3v) is 4.31. The minimum absolute atomic E-state index is 0.327. The highest BCUT2D eigenvalue weighted by Gasteiger charge is 2.10. The van der Waals surface area contributed by atoms with E-state index in [1.807, 2.05) is 19.1 Å². The zero-order chi connectivity index (χ0) is 18.7. The fourth-order valence-corrected chi connectivity index (χ4v) is 3.01. The molecule has 0 fully saturated rings. The molecular weight excluding hydrogens is 324 g/mol. The van der Waals surface area contributed by atoms with E-state index < -0.39 is 0 Å². The van der Waals surface area contributed by atoms with Gasteiger partial charge in [0.2, 0.25) is 0 Å². The molecule has 1 aromatic heterocycles. The lowest BCUT2D eigenvalue weighted by atomic mass is 10.2. The van der Waals surface area contributed by atoms with Crippen molar-refractivity contribution in [2.24, 2.45) is 5.10 Å². The topological polar surface area (TPSA) is 72.4 Å². The number of benzene rings is 2. The number of para-hydroxylation sites is 1. The molecule has 0 spiro atoms. The average molecular weight is 346 g/mol. The van der Waals surface area contributed by atoms with Crippen molar-refractivity contribution >= 4 is 17.8 Å². The van der Waals surface area contributed by atoms with Crippen molar-refractivity contribution in [2.45, 2.75) is 20.8 Å². The maximum atomic E-state index is 12.2. The number of anilines is 1. The average Bonchev–Trinajstić information content (AvgIpc) is 2.89. The Kier molecular flexibility index (Phi) is 4.89. The molecule has 0 aliphatic heterocycles. The van der Waals surface area contributed by atoms with Gasteiger partial charge in [0.25, 0.3) is 5.91 Å². The molecule has 0 radical (unpaired) electrons. The first-order valence-electron chi connectivity index (χ1n) is 8.41. The molecule has 3 rings (SSSR count). The Morgan fingerprint density at radius 1 is 1.08 bits per heavy atom. The number of carbonyl (C=O) groups is 1. The van der Waals surface area contributed by atoms with E-state index >= 15 is 0 Å². The van der Waals surface area contributed by atoms with Gasteiger partial charge < -0.3 is 10.3 Å². The monoisotopic (exact) mass is 346 g/mol. The third-order valence-electron chi connectivity index (χ3n) is 4.31. The SMILES string of the molecule is Cc1cccc(-n2c(C)cc(/C=N\NC(=O)c3ccccc3N)c2C)c1. The highest BCUT2D eigenvalue weighted by molar-refractivity contribution is 5.99. The molecule has 0 aliphatic carbocycles. The van der Waals surface area contributed by atoms with Crippen molar-refractivity contribution in [3.05, 3.63) is 82.7 Å². The van der Waals surface area contributed by atoms with Gasteiger partial charge in [-0.3, -0.25) is 4.79 Å². The van der Waals surface area contributed by atoms with Gasteiger partial charge >= 0.3 is 0 Å². The highest BCUT2D eigenvalue weighted by Crippen LogP contribution is 2.20. The molecule has 0 unspecified atom stereocenters. The van der Waals surface area contributed by atoms with Crippen molar-refractivity contribution < 1.29 is 4.79 Å². The fraction of sp³-hybridized carbons (Fsp3) is 0.143.